The van der Waals surface area contributed by atoms with Crippen LogP contribution in [0.3, 0.4) is 0 Å². The molecule has 0 aromatic carbocycles. The zero-order chi connectivity index (χ0) is 9.10. The zero-order valence-electron chi connectivity index (χ0n) is 7.41. The Morgan fingerprint density at radius 1 is 1.23 bits per heavy atom. The molecule has 13 heavy (non-hydrogen) atoms. The predicted molar refractivity (Wildman–Crippen MR) is 53.0 cm³/mol. The van der Waals surface area contributed by atoms with Gasteiger partial charge in [-0.1, -0.05) is 0 Å². The summed E-state index contributed by atoms with van der Waals surface area (Å²) in [6.45, 7) is 2.17. The minimum atomic E-state index is 0.486. The van der Waals surface area contributed by atoms with Crippen LogP contribution < -0.4 is 4.90 Å². The first-order chi connectivity index (χ1) is 6.40. The molecule has 0 aliphatic carbocycles. The van der Waals surface area contributed by atoms with Crippen molar-refractivity contribution in [1.29, 1.82) is 0 Å². The highest BCUT2D eigenvalue weighted by molar-refractivity contribution is 6.17. The van der Waals surface area contributed by atoms with Gasteiger partial charge in [0.25, 0.3) is 0 Å². The van der Waals surface area contributed by atoms with E-state index in [9.17, 15) is 0 Å². The predicted octanol–water partition coefficient (Wildman–Crippen LogP) is 1.82. The third-order valence-electron chi connectivity index (χ3n) is 2.23. The molecule has 0 saturated carbocycles. The average Bonchev–Trinajstić information content (AvgIpc) is 2.71. The number of aromatic nitrogens is 2. The third kappa shape index (κ3) is 1.91. The van der Waals surface area contributed by atoms with Crippen molar-refractivity contribution in [2.45, 2.75) is 18.7 Å². The lowest BCUT2D eigenvalue weighted by Crippen LogP contribution is -2.20. The van der Waals surface area contributed by atoms with Crippen molar-refractivity contribution in [3.63, 3.8) is 0 Å². The van der Waals surface area contributed by atoms with E-state index in [1.165, 1.54) is 12.8 Å². The quantitative estimate of drug-likeness (QED) is 0.678. The average molecular weight is 198 g/mol. The van der Waals surface area contributed by atoms with Gasteiger partial charge in [0, 0.05) is 31.0 Å². The van der Waals surface area contributed by atoms with Crippen molar-refractivity contribution in [3.8, 4) is 0 Å². The van der Waals surface area contributed by atoms with Gasteiger partial charge in [-0.25, -0.2) is 9.97 Å². The minimum Gasteiger partial charge on any atom is -0.341 e. The van der Waals surface area contributed by atoms with Crippen LogP contribution in [0.1, 0.15) is 18.4 Å². The van der Waals surface area contributed by atoms with Gasteiger partial charge in [-0.15, -0.1) is 11.6 Å². The Morgan fingerprint density at radius 3 is 2.38 bits per heavy atom. The van der Waals surface area contributed by atoms with Crippen molar-refractivity contribution in [1.82, 2.24) is 9.97 Å². The molecule has 1 aliphatic heterocycles. The van der Waals surface area contributed by atoms with Crippen LogP contribution >= 0.6 is 11.6 Å². The van der Waals surface area contributed by atoms with Crippen LogP contribution in [0.5, 0.6) is 0 Å². The van der Waals surface area contributed by atoms with E-state index in [0.717, 1.165) is 24.6 Å². The first-order valence-corrected chi connectivity index (χ1v) is 5.05. The van der Waals surface area contributed by atoms with E-state index >= 15 is 0 Å². The van der Waals surface area contributed by atoms with Gasteiger partial charge in [-0.05, 0) is 12.8 Å². The number of halogens is 1. The maximum atomic E-state index is 5.65. The van der Waals surface area contributed by atoms with Crippen LogP contribution in [0, 0.1) is 0 Å². The Morgan fingerprint density at radius 2 is 1.85 bits per heavy atom. The van der Waals surface area contributed by atoms with Crippen LogP contribution in [0.25, 0.3) is 0 Å². The second-order valence-corrected chi connectivity index (χ2v) is 3.49. The van der Waals surface area contributed by atoms with Crippen LogP contribution in [-0.4, -0.2) is 23.1 Å². The van der Waals surface area contributed by atoms with Crippen molar-refractivity contribution < 1.29 is 0 Å². The molecule has 0 bridgehead atoms. The van der Waals surface area contributed by atoms with E-state index in [2.05, 4.69) is 14.9 Å². The summed E-state index contributed by atoms with van der Waals surface area (Å²) in [6, 6.07) is 0. The largest absolute Gasteiger partial charge is 0.341 e. The molecule has 1 aromatic heterocycles. The van der Waals surface area contributed by atoms with Crippen LogP contribution in [0.15, 0.2) is 12.4 Å². The van der Waals surface area contributed by atoms with E-state index in [4.69, 9.17) is 11.6 Å². The van der Waals surface area contributed by atoms with Crippen molar-refractivity contribution in [2.24, 2.45) is 0 Å². The molecule has 0 atom stereocenters. The summed E-state index contributed by atoms with van der Waals surface area (Å²) in [5.74, 6) is 1.33. The molecule has 0 amide bonds. The van der Waals surface area contributed by atoms with Gasteiger partial charge >= 0.3 is 0 Å². The van der Waals surface area contributed by atoms with Gasteiger partial charge in [0.2, 0.25) is 5.95 Å². The van der Waals surface area contributed by atoms with Crippen molar-refractivity contribution >= 4 is 17.5 Å². The molecule has 70 valence electrons. The fourth-order valence-electron chi connectivity index (χ4n) is 1.50. The number of rotatable bonds is 2. The maximum Gasteiger partial charge on any atom is 0.225 e. The highest BCUT2D eigenvalue weighted by Crippen LogP contribution is 2.14. The smallest absolute Gasteiger partial charge is 0.225 e. The highest BCUT2D eigenvalue weighted by atomic mass is 35.5. The Bertz CT molecular complexity index is 267. The third-order valence-corrected chi connectivity index (χ3v) is 2.54. The van der Waals surface area contributed by atoms with E-state index in [1.54, 1.807) is 12.4 Å². The molecule has 0 unspecified atom stereocenters. The number of hydrogen-bond acceptors (Lipinski definition) is 3. The molecular formula is C9H12ClN3. The highest BCUT2D eigenvalue weighted by Gasteiger charge is 2.13. The minimum absolute atomic E-state index is 0.486. The Kier molecular flexibility index (Phi) is 2.64. The summed E-state index contributed by atoms with van der Waals surface area (Å²) in [7, 11) is 0. The summed E-state index contributed by atoms with van der Waals surface area (Å²) in [5.41, 5.74) is 0.976. The summed E-state index contributed by atoms with van der Waals surface area (Å²) < 4.78 is 0. The molecule has 1 aromatic rings. The number of nitrogens with zero attached hydrogens (tertiary/aromatic N) is 3. The van der Waals surface area contributed by atoms with Gasteiger partial charge < -0.3 is 4.90 Å². The molecule has 3 nitrogen and oxygen atoms in total. The van der Waals surface area contributed by atoms with Crippen molar-refractivity contribution in [2.75, 3.05) is 18.0 Å². The van der Waals surface area contributed by atoms with Crippen LogP contribution in [-0.2, 0) is 5.88 Å². The van der Waals surface area contributed by atoms with Gasteiger partial charge in [0.15, 0.2) is 0 Å². The Balaban J connectivity index is 2.12. The zero-order valence-corrected chi connectivity index (χ0v) is 8.17. The van der Waals surface area contributed by atoms with E-state index in [0.29, 0.717) is 5.88 Å². The van der Waals surface area contributed by atoms with Gasteiger partial charge in [-0.3, -0.25) is 0 Å². The first-order valence-electron chi connectivity index (χ1n) is 4.52. The summed E-state index contributed by atoms with van der Waals surface area (Å²) in [4.78, 5) is 10.7. The molecule has 1 saturated heterocycles. The first kappa shape index (κ1) is 8.75. The van der Waals surface area contributed by atoms with E-state index in [1.807, 2.05) is 0 Å². The summed E-state index contributed by atoms with van der Waals surface area (Å²) >= 11 is 5.65. The van der Waals surface area contributed by atoms with Gasteiger partial charge in [0.1, 0.15) is 0 Å². The topological polar surface area (TPSA) is 29.0 Å². The normalized spacial score (nSPS) is 16.5. The van der Waals surface area contributed by atoms with Crippen LogP contribution in [0.2, 0.25) is 0 Å². The maximum absolute atomic E-state index is 5.65. The molecular weight excluding hydrogens is 186 g/mol. The molecule has 0 N–H and O–H groups in total. The lowest BCUT2D eigenvalue weighted by Gasteiger charge is -2.14. The second kappa shape index (κ2) is 3.92. The van der Waals surface area contributed by atoms with Gasteiger partial charge in [-0.2, -0.15) is 0 Å². The summed E-state index contributed by atoms with van der Waals surface area (Å²) in [6.07, 6.45) is 6.10. The lowest BCUT2D eigenvalue weighted by atomic mass is 10.4. The number of hydrogen-bond donors (Lipinski definition) is 0. The van der Waals surface area contributed by atoms with Crippen LogP contribution in [0.4, 0.5) is 5.95 Å². The molecule has 1 aliphatic rings. The SMILES string of the molecule is ClCc1cnc(N2CCCC2)nc1. The lowest BCUT2D eigenvalue weighted by molar-refractivity contribution is 0.893. The molecule has 0 spiro atoms. The Hall–Kier alpha value is -0.830. The molecule has 4 heteroatoms. The fraction of sp³-hybridized carbons (Fsp3) is 0.556. The standard InChI is InChI=1S/C9H12ClN3/c10-5-8-6-11-9(12-7-8)13-3-1-2-4-13/h6-7H,1-5H2. The molecule has 0 radical (unpaired) electrons. The van der Waals surface area contributed by atoms with E-state index < -0.39 is 0 Å². The fourth-order valence-corrected chi connectivity index (χ4v) is 1.64. The molecule has 2 rings (SSSR count). The molecule has 1 fully saturated rings. The van der Waals surface area contributed by atoms with Crippen molar-refractivity contribution in [3.05, 3.63) is 18.0 Å². The second-order valence-electron chi connectivity index (χ2n) is 3.22. The number of alkyl halides is 1. The monoisotopic (exact) mass is 197 g/mol. The van der Waals surface area contributed by atoms with Gasteiger partial charge in [0.05, 0.1) is 5.88 Å². The molecule has 2 heterocycles. The summed E-state index contributed by atoms with van der Waals surface area (Å²) in [5, 5.41) is 0. The van der Waals surface area contributed by atoms with E-state index in [-0.39, 0.29) is 0 Å². The Labute approximate surface area is 82.8 Å². The number of anilines is 1.